The molecule has 6 heteroatoms. The van der Waals surface area contributed by atoms with E-state index in [4.69, 9.17) is 22.4 Å². The molecule has 0 aliphatic rings. The molecule has 0 saturated carbocycles. The number of hydrogen-bond acceptors (Lipinski definition) is 3. The van der Waals surface area contributed by atoms with Gasteiger partial charge in [0.25, 0.3) is 0 Å². The van der Waals surface area contributed by atoms with E-state index in [2.05, 4.69) is 5.32 Å². The van der Waals surface area contributed by atoms with Crippen LogP contribution in [-0.4, -0.2) is 23.7 Å². The molecule has 0 fully saturated rings. The normalized spacial score (nSPS) is 12.2. The first kappa shape index (κ1) is 12.9. The zero-order valence-corrected chi connectivity index (χ0v) is 9.17. The monoisotopic (exact) mass is 246 g/mol. The van der Waals surface area contributed by atoms with Crippen LogP contribution in [0.4, 0.5) is 4.39 Å². The average Bonchev–Trinajstić information content (AvgIpc) is 2.28. The number of hydrogen-bond donors (Lipinski definition) is 3. The van der Waals surface area contributed by atoms with Crippen molar-refractivity contribution in [3.63, 3.8) is 0 Å². The number of nitrogens with one attached hydrogen (secondary N) is 1. The van der Waals surface area contributed by atoms with E-state index >= 15 is 0 Å². The molecule has 4 nitrogen and oxygen atoms in total. The van der Waals surface area contributed by atoms with Crippen molar-refractivity contribution < 1.29 is 14.3 Å². The third-order valence-corrected chi connectivity index (χ3v) is 2.22. The molecule has 88 valence electrons. The highest BCUT2D eigenvalue weighted by Crippen LogP contribution is 2.14. The first-order valence-corrected chi connectivity index (χ1v) is 5.02. The maximum atomic E-state index is 13.2. The Morgan fingerprint density at radius 3 is 2.94 bits per heavy atom. The molecule has 0 bridgehead atoms. The number of halogens is 2. The Labute approximate surface area is 97.2 Å². The maximum absolute atomic E-state index is 13.2. The van der Waals surface area contributed by atoms with Crippen LogP contribution in [0, 0.1) is 5.82 Å². The summed E-state index contributed by atoms with van der Waals surface area (Å²) in [4.78, 5) is 11.1. The van der Waals surface area contributed by atoms with Crippen molar-refractivity contribution in [1.29, 1.82) is 0 Å². The molecule has 16 heavy (non-hydrogen) atoms. The molecule has 1 aromatic carbocycles. The molecular weight excluding hydrogens is 235 g/mol. The van der Waals surface area contributed by atoms with Crippen LogP contribution in [0.25, 0.3) is 0 Å². The number of amides is 1. The predicted molar refractivity (Wildman–Crippen MR) is 58.3 cm³/mol. The molecule has 1 amide bonds. The lowest BCUT2D eigenvalue weighted by atomic mass is 10.2. The van der Waals surface area contributed by atoms with Crippen LogP contribution in [0.3, 0.4) is 0 Å². The third-order valence-electron chi connectivity index (χ3n) is 1.99. The largest absolute Gasteiger partial charge is 0.382 e. The molecule has 0 aliphatic heterocycles. The van der Waals surface area contributed by atoms with Crippen molar-refractivity contribution in [2.24, 2.45) is 5.73 Å². The number of benzene rings is 1. The molecule has 1 aromatic rings. The summed E-state index contributed by atoms with van der Waals surface area (Å²) >= 11 is 5.67. The molecule has 0 spiro atoms. The lowest BCUT2D eigenvalue weighted by molar-refractivity contribution is -0.128. The van der Waals surface area contributed by atoms with Crippen LogP contribution in [-0.2, 0) is 11.3 Å². The molecule has 1 atom stereocenters. The SMILES string of the molecule is NCC(O)C(=O)NCc1cc(Cl)ccc1F. The van der Waals surface area contributed by atoms with Crippen LogP contribution in [0.1, 0.15) is 5.56 Å². The standard InChI is InChI=1S/C10H12ClFN2O2/c11-7-1-2-8(12)6(3-7)5-14-10(16)9(15)4-13/h1-3,9,15H,4-5,13H2,(H,14,16). The fourth-order valence-corrected chi connectivity index (χ4v) is 1.28. The summed E-state index contributed by atoms with van der Waals surface area (Å²) in [6.07, 6.45) is -1.28. The van der Waals surface area contributed by atoms with E-state index in [-0.39, 0.29) is 18.7 Å². The van der Waals surface area contributed by atoms with Crippen molar-refractivity contribution in [3.05, 3.63) is 34.6 Å². The number of nitrogens with two attached hydrogens (primary N) is 1. The predicted octanol–water partition coefficient (Wildman–Crippen LogP) is 0.415. The zero-order chi connectivity index (χ0) is 12.1. The highest BCUT2D eigenvalue weighted by molar-refractivity contribution is 6.30. The fraction of sp³-hybridized carbons (Fsp3) is 0.300. The van der Waals surface area contributed by atoms with Gasteiger partial charge in [-0.25, -0.2) is 4.39 Å². The molecule has 0 radical (unpaired) electrons. The van der Waals surface area contributed by atoms with E-state index in [1.165, 1.54) is 18.2 Å². The van der Waals surface area contributed by atoms with E-state index < -0.39 is 17.8 Å². The highest BCUT2D eigenvalue weighted by atomic mass is 35.5. The Kier molecular flexibility index (Phi) is 4.67. The minimum atomic E-state index is -1.28. The van der Waals surface area contributed by atoms with Crippen molar-refractivity contribution in [3.8, 4) is 0 Å². The number of aliphatic hydroxyl groups excluding tert-OH is 1. The molecule has 1 unspecified atom stereocenters. The maximum Gasteiger partial charge on any atom is 0.250 e. The third kappa shape index (κ3) is 3.44. The van der Waals surface area contributed by atoms with Crippen molar-refractivity contribution in [2.75, 3.05) is 6.54 Å². The van der Waals surface area contributed by atoms with Crippen LogP contribution >= 0.6 is 11.6 Å². The topological polar surface area (TPSA) is 75.3 Å². The zero-order valence-electron chi connectivity index (χ0n) is 8.41. The second kappa shape index (κ2) is 5.79. The van der Waals surface area contributed by atoms with Gasteiger partial charge in [0.2, 0.25) is 5.91 Å². The minimum absolute atomic E-state index is 0.0394. The van der Waals surface area contributed by atoms with E-state index in [1.807, 2.05) is 0 Å². The van der Waals surface area contributed by atoms with Crippen LogP contribution in [0.15, 0.2) is 18.2 Å². The summed E-state index contributed by atoms with van der Waals surface area (Å²) in [5.74, 6) is -1.10. The van der Waals surface area contributed by atoms with Crippen LogP contribution in [0.5, 0.6) is 0 Å². The Bertz CT molecular complexity index is 387. The van der Waals surface area contributed by atoms with Gasteiger partial charge in [-0.15, -0.1) is 0 Å². The summed E-state index contributed by atoms with van der Waals surface area (Å²) in [5.41, 5.74) is 5.34. The van der Waals surface area contributed by atoms with Gasteiger partial charge < -0.3 is 16.2 Å². The number of aliphatic hydroxyl groups is 1. The first-order valence-electron chi connectivity index (χ1n) is 4.64. The Balaban J connectivity index is 2.61. The van der Waals surface area contributed by atoms with Gasteiger partial charge in [0.1, 0.15) is 11.9 Å². The number of carbonyl (C=O) groups excluding carboxylic acids is 1. The van der Waals surface area contributed by atoms with Crippen molar-refractivity contribution in [1.82, 2.24) is 5.32 Å². The average molecular weight is 247 g/mol. The summed E-state index contributed by atoms with van der Waals surface area (Å²) in [6, 6.07) is 4.03. The highest BCUT2D eigenvalue weighted by Gasteiger charge is 2.12. The molecule has 1 rings (SSSR count). The van der Waals surface area contributed by atoms with Gasteiger partial charge in [-0.2, -0.15) is 0 Å². The smallest absolute Gasteiger partial charge is 0.250 e. The molecule has 0 saturated heterocycles. The van der Waals surface area contributed by atoms with Crippen molar-refractivity contribution >= 4 is 17.5 Å². The van der Waals surface area contributed by atoms with Gasteiger partial charge in [0, 0.05) is 23.7 Å². The number of rotatable bonds is 4. The Morgan fingerprint density at radius 1 is 1.62 bits per heavy atom. The van der Waals surface area contributed by atoms with E-state index in [9.17, 15) is 9.18 Å². The van der Waals surface area contributed by atoms with E-state index in [0.29, 0.717) is 5.02 Å². The lowest BCUT2D eigenvalue weighted by Gasteiger charge is -2.09. The minimum Gasteiger partial charge on any atom is -0.382 e. The summed E-state index contributed by atoms with van der Waals surface area (Å²) in [7, 11) is 0. The second-order valence-electron chi connectivity index (χ2n) is 3.21. The van der Waals surface area contributed by atoms with Crippen LogP contribution < -0.4 is 11.1 Å². The summed E-state index contributed by atoms with van der Waals surface area (Å²) in [5, 5.41) is 11.8. The Morgan fingerprint density at radius 2 is 2.31 bits per heavy atom. The van der Waals surface area contributed by atoms with Gasteiger partial charge in [-0.1, -0.05) is 11.6 Å². The van der Waals surface area contributed by atoms with E-state index in [1.54, 1.807) is 0 Å². The number of carbonyl (C=O) groups is 1. The molecule has 0 heterocycles. The first-order chi connectivity index (χ1) is 7.54. The van der Waals surface area contributed by atoms with Crippen LogP contribution in [0.2, 0.25) is 5.02 Å². The Hall–Kier alpha value is -1.17. The quantitative estimate of drug-likeness (QED) is 0.721. The molecule has 0 aromatic heterocycles. The second-order valence-corrected chi connectivity index (χ2v) is 3.64. The van der Waals surface area contributed by atoms with Crippen molar-refractivity contribution in [2.45, 2.75) is 12.6 Å². The molecular formula is C10H12ClFN2O2. The van der Waals surface area contributed by atoms with E-state index in [0.717, 1.165) is 0 Å². The van der Waals surface area contributed by atoms with Gasteiger partial charge in [-0.05, 0) is 18.2 Å². The summed E-state index contributed by atoms with van der Waals surface area (Å²) < 4.78 is 13.2. The molecule has 4 N–H and O–H groups in total. The lowest BCUT2D eigenvalue weighted by Crippen LogP contribution is -2.38. The van der Waals surface area contributed by atoms with Gasteiger partial charge in [0.05, 0.1) is 0 Å². The molecule has 0 aliphatic carbocycles. The summed E-state index contributed by atoms with van der Waals surface area (Å²) in [6.45, 7) is -0.216. The fourth-order valence-electron chi connectivity index (χ4n) is 1.09. The van der Waals surface area contributed by atoms with Gasteiger partial charge >= 0.3 is 0 Å². The van der Waals surface area contributed by atoms with Gasteiger partial charge in [-0.3, -0.25) is 4.79 Å². The van der Waals surface area contributed by atoms with Gasteiger partial charge in [0.15, 0.2) is 0 Å².